The Balaban J connectivity index is 2.28. The van der Waals surface area contributed by atoms with Crippen molar-refractivity contribution in [2.45, 2.75) is 0 Å². The highest BCUT2D eigenvalue weighted by molar-refractivity contribution is 9.10. The number of amides is 3. The van der Waals surface area contributed by atoms with Gasteiger partial charge < -0.3 is 10.2 Å². The first-order chi connectivity index (χ1) is 9.93. The Kier molecular flexibility index (Phi) is 4.47. The molecule has 1 aliphatic heterocycles. The lowest BCUT2D eigenvalue weighted by atomic mass is 10.1. The quantitative estimate of drug-likeness (QED) is 0.516. The van der Waals surface area contributed by atoms with Crippen LogP contribution < -0.4 is 10.2 Å². The first kappa shape index (κ1) is 15.3. The summed E-state index contributed by atoms with van der Waals surface area (Å²) in [5.41, 5.74) is 2.13. The monoisotopic (exact) mass is 349 g/mol. The summed E-state index contributed by atoms with van der Waals surface area (Å²) in [5.74, 6) is -0.340. The molecule has 0 saturated carbocycles. The Morgan fingerprint density at radius 2 is 2.10 bits per heavy atom. The molecular formula is C15H16BrN3O2. The van der Waals surface area contributed by atoms with E-state index >= 15 is 0 Å². The second kappa shape index (κ2) is 6.13. The zero-order valence-corrected chi connectivity index (χ0v) is 13.5. The minimum Gasteiger partial charge on any atom is -0.377 e. The molecule has 1 N–H and O–H groups in total. The van der Waals surface area contributed by atoms with Gasteiger partial charge in [0, 0.05) is 25.1 Å². The van der Waals surface area contributed by atoms with Crippen LogP contribution in [0.15, 0.2) is 41.0 Å². The van der Waals surface area contributed by atoms with E-state index in [2.05, 4.69) is 27.8 Å². The molecule has 2 rings (SSSR count). The minimum atomic E-state index is -0.421. The molecule has 1 fully saturated rings. The van der Waals surface area contributed by atoms with E-state index in [1.54, 1.807) is 6.08 Å². The summed E-state index contributed by atoms with van der Waals surface area (Å²) in [4.78, 5) is 26.8. The van der Waals surface area contributed by atoms with Crippen LogP contribution in [0.5, 0.6) is 0 Å². The minimum absolute atomic E-state index is 0.200. The fraction of sp³-hybridized carbons (Fsp3) is 0.200. The topological polar surface area (TPSA) is 52.7 Å². The Morgan fingerprint density at radius 3 is 2.67 bits per heavy atom. The van der Waals surface area contributed by atoms with Gasteiger partial charge in [-0.25, -0.2) is 4.79 Å². The summed E-state index contributed by atoms with van der Waals surface area (Å²) < 4.78 is 0.918. The highest BCUT2D eigenvalue weighted by Crippen LogP contribution is 2.27. The average molecular weight is 350 g/mol. The molecule has 1 aromatic carbocycles. The molecule has 110 valence electrons. The van der Waals surface area contributed by atoms with Gasteiger partial charge in [-0.1, -0.05) is 12.1 Å². The van der Waals surface area contributed by atoms with Gasteiger partial charge in [0.05, 0.1) is 5.69 Å². The van der Waals surface area contributed by atoms with Gasteiger partial charge in [0.25, 0.3) is 5.91 Å². The number of rotatable bonds is 4. The van der Waals surface area contributed by atoms with Gasteiger partial charge in [-0.3, -0.25) is 9.69 Å². The van der Waals surface area contributed by atoms with Gasteiger partial charge in [-0.15, -0.1) is 6.58 Å². The first-order valence-electron chi connectivity index (χ1n) is 6.36. The number of urea groups is 1. The number of anilines is 1. The number of imide groups is 1. The number of halogens is 1. The molecule has 0 bridgehead atoms. The molecule has 5 nitrogen and oxygen atoms in total. The summed E-state index contributed by atoms with van der Waals surface area (Å²) >= 11 is 3.49. The second-order valence-corrected chi connectivity index (χ2v) is 5.65. The standard InChI is InChI=1S/C15H16BrN3O2/c1-4-7-19-14(20)12(17-15(19)21)9-10-5-6-13(18(2)3)11(16)8-10/h4-6,8-9H,1,7H2,2-3H3,(H,17,21)/b12-9+. The van der Waals surface area contributed by atoms with Gasteiger partial charge in [0.2, 0.25) is 0 Å². The summed E-state index contributed by atoms with van der Waals surface area (Å²) in [5, 5.41) is 2.57. The SMILES string of the molecule is C=CCN1C(=O)N/C(=C/c2ccc(N(C)C)c(Br)c2)C1=O. The van der Waals surface area contributed by atoms with Crippen LogP contribution in [0.2, 0.25) is 0 Å². The van der Waals surface area contributed by atoms with Crippen molar-refractivity contribution < 1.29 is 9.59 Å². The van der Waals surface area contributed by atoms with E-state index in [1.807, 2.05) is 37.2 Å². The van der Waals surface area contributed by atoms with Crippen LogP contribution in [0.3, 0.4) is 0 Å². The lowest BCUT2D eigenvalue weighted by molar-refractivity contribution is -0.122. The first-order valence-corrected chi connectivity index (χ1v) is 7.15. The lowest BCUT2D eigenvalue weighted by Gasteiger charge is -2.14. The largest absolute Gasteiger partial charge is 0.377 e. The number of carbonyl (C=O) groups excluding carboxylic acids is 2. The molecule has 3 amide bonds. The normalized spacial score (nSPS) is 16.3. The van der Waals surface area contributed by atoms with Crippen molar-refractivity contribution in [1.82, 2.24) is 10.2 Å². The van der Waals surface area contributed by atoms with Crippen LogP contribution in [0.25, 0.3) is 6.08 Å². The van der Waals surface area contributed by atoms with Gasteiger partial charge in [0.15, 0.2) is 0 Å². The van der Waals surface area contributed by atoms with E-state index in [-0.39, 0.29) is 18.1 Å². The molecule has 0 aromatic heterocycles. The van der Waals surface area contributed by atoms with Crippen molar-refractivity contribution in [1.29, 1.82) is 0 Å². The third kappa shape index (κ3) is 3.16. The predicted octanol–water partition coefficient (Wildman–Crippen LogP) is 2.59. The number of carbonyl (C=O) groups is 2. The maximum absolute atomic E-state index is 12.1. The fourth-order valence-electron chi connectivity index (χ4n) is 2.01. The van der Waals surface area contributed by atoms with E-state index in [4.69, 9.17) is 0 Å². The van der Waals surface area contributed by atoms with Crippen LogP contribution in [0.1, 0.15) is 5.56 Å². The summed E-state index contributed by atoms with van der Waals surface area (Å²) in [7, 11) is 3.90. The molecule has 0 unspecified atom stereocenters. The van der Waals surface area contributed by atoms with Crippen LogP contribution in [0.4, 0.5) is 10.5 Å². The molecule has 0 atom stereocenters. The third-order valence-electron chi connectivity index (χ3n) is 3.04. The smallest absolute Gasteiger partial charge is 0.329 e. The van der Waals surface area contributed by atoms with Gasteiger partial charge in [-0.05, 0) is 39.7 Å². The summed E-state index contributed by atoms with van der Waals surface area (Å²) in [6, 6.07) is 5.31. The molecule has 21 heavy (non-hydrogen) atoms. The Morgan fingerprint density at radius 1 is 1.38 bits per heavy atom. The number of hydrogen-bond acceptors (Lipinski definition) is 3. The van der Waals surface area contributed by atoms with Crippen LogP contribution in [-0.2, 0) is 4.79 Å². The molecule has 0 spiro atoms. The van der Waals surface area contributed by atoms with Crippen molar-refractivity contribution in [3.63, 3.8) is 0 Å². The number of hydrogen-bond donors (Lipinski definition) is 1. The van der Waals surface area contributed by atoms with Gasteiger partial charge in [0.1, 0.15) is 5.70 Å². The number of nitrogens with zero attached hydrogens (tertiary/aromatic N) is 2. The average Bonchev–Trinajstić information content (AvgIpc) is 2.66. The molecule has 0 radical (unpaired) electrons. The van der Waals surface area contributed by atoms with E-state index in [1.165, 1.54) is 6.08 Å². The Hall–Kier alpha value is -2.08. The van der Waals surface area contributed by atoms with Crippen LogP contribution in [0, 0.1) is 0 Å². The van der Waals surface area contributed by atoms with E-state index in [0.29, 0.717) is 0 Å². The molecule has 6 heteroatoms. The van der Waals surface area contributed by atoms with E-state index < -0.39 is 6.03 Å². The van der Waals surface area contributed by atoms with E-state index in [9.17, 15) is 9.59 Å². The van der Waals surface area contributed by atoms with E-state index in [0.717, 1.165) is 20.6 Å². The second-order valence-electron chi connectivity index (χ2n) is 4.80. The Bertz CT molecular complexity index is 638. The van der Waals surface area contributed by atoms with Crippen molar-refractivity contribution in [2.75, 3.05) is 25.5 Å². The van der Waals surface area contributed by atoms with Crippen LogP contribution >= 0.6 is 15.9 Å². The predicted molar refractivity (Wildman–Crippen MR) is 86.9 cm³/mol. The molecular weight excluding hydrogens is 334 g/mol. The molecule has 1 aliphatic rings. The van der Waals surface area contributed by atoms with Crippen LogP contribution in [-0.4, -0.2) is 37.5 Å². The highest BCUT2D eigenvalue weighted by Gasteiger charge is 2.32. The zero-order valence-electron chi connectivity index (χ0n) is 11.9. The number of nitrogens with one attached hydrogen (secondary N) is 1. The summed E-state index contributed by atoms with van der Waals surface area (Å²) in [6.07, 6.45) is 3.18. The van der Waals surface area contributed by atoms with Crippen molar-refractivity contribution in [3.05, 3.63) is 46.6 Å². The lowest BCUT2D eigenvalue weighted by Crippen LogP contribution is -2.30. The molecule has 1 heterocycles. The van der Waals surface area contributed by atoms with Gasteiger partial charge >= 0.3 is 6.03 Å². The molecule has 1 saturated heterocycles. The Labute approximate surface area is 132 Å². The fourth-order valence-corrected chi connectivity index (χ4v) is 2.76. The number of benzene rings is 1. The maximum atomic E-state index is 12.1. The zero-order chi connectivity index (χ0) is 15.6. The van der Waals surface area contributed by atoms with Crippen molar-refractivity contribution in [2.24, 2.45) is 0 Å². The van der Waals surface area contributed by atoms with Crippen molar-refractivity contribution in [3.8, 4) is 0 Å². The maximum Gasteiger partial charge on any atom is 0.329 e. The van der Waals surface area contributed by atoms with Gasteiger partial charge in [-0.2, -0.15) is 0 Å². The molecule has 1 aromatic rings. The highest BCUT2D eigenvalue weighted by atomic mass is 79.9. The van der Waals surface area contributed by atoms with Crippen molar-refractivity contribution >= 4 is 39.6 Å². The third-order valence-corrected chi connectivity index (χ3v) is 3.67. The summed E-state index contributed by atoms with van der Waals surface area (Å²) in [6.45, 7) is 3.74. The molecule has 0 aliphatic carbocycles.